The molecule has 1 aliphatic heterocycles. The predicted octanol–water partition coefficient (Wildman–Crippen LogP) is 0.315. The van der Waals surface area contributed by atoms with Gasteiger partial charge in [-0.1, -0.05) is 0 Å². The fourth-order valence-corrected chi connectivity index (χ4v) is 1.67. The molecule has 3 nitrogen and oxygen atoms in total. The number of nitrogens with zero attached hydrogens (tertiary/aromatic N) is 1. The second-order valence-corrected chi connectivity index (χ2v) is 3.89. The lowest BCUT2D eigenvalue weighted by Crippen LogP contribution is -2.42. The third-order valence-electron chi connectivity index (χ3n) is 2.09. The zero-order chi connectivity index (χ0) is 8.97. The molecule has 1 N–H and O–H groups in total. The van der Waals surface area contributed by atoms with E-state index in [0.29, 0.717) is 12.1 Å². The Morgan fingerprint density at radius 1 is 1.58 bits per heavy atom. The van der Waals surface area contributed by atoms with Gasteiger partial charge in [0.05, 0.1) is 6.61 Å². The van der Waals surface area contributed by atoms with Crippen molar-refractivity contribution < 1.29 is 4.74 Å². The molecular formula is C9H20N2O. The molecule has 2 atom stereocenters. The van der Waals surface area contributed by atoms with E-state index >= 15 is 0 Å². The lowest BCUT2D eigenvalue weighted by molar-refractivity contribution is 0.187. The highest BCUT2D eigenvalue weighted by Crippen LogP contribution is 2.04. The summed E-state index contributed by atoms with van der Waals surface area (Å²) in [6.45, 7) is 5.12. The van der Waals surface area contributed by atoms with Crippen molar-refractivity contribution in [1.82, 2.24) is 10.2 Å². The second kappa shape index (κ2) is 4.80. The molecule has 0 aromatic heterocycles. The van der Waals surface area contributed by atoms with Crippen molar-refractivity contribution in [3.05, 3.63) is 0 Å². The maximum atomic E-state index is 5.29. The standard InChI is InChI=1S/C9H20N2O/c1-8(6-11(2)3)10-9-4-5-12-7-9/h8-10H,4-7H2,1-3H3. The van der Waals surface area contributed by atoms with Crippen molar-refractivity contribution in [3.8, 4) is 0 Å². The SMILES string of the molecule is CC(CN(C)C)NC1CCOC1. The number of hydrogen-bond donors (Lipinski definition) is 1. The van der Waals surface area contributed by atoms with Gasteiger partial charge in [0.2, 0.25) is 0 Å². The quantitative estimate of drug-likeness (QED) is 0.661. The highest BCUT2D eigenvalue weighted by atomic mass is 16.5. The Bertz CT molecular complexity index is 122. The summed E-state index contributed by atoms with van der Waals surface area (Å²) in [6.07, 6.45) is 1.16. The van der Waals surface area contributed by atoms with Crippen LogP contribution < -0.4 is 5.32 Å². The Balaban J connectivity index is 2.11. The van der Waals surface area contributed by atoms with Crippen LogP contribution in [0.4, 0.5) is 0 Å². The summed E-state index contributed by atoms with van der Waals surface area (Å²) in [5, 5.41) is 3.54. The Morgan fingerprint density at radius 3 is 2.83 bits per heavy atom. The van der Waals surface area contributed by atoms with E-state index < -0.39 is 0 Å². The Labute approximate surface area is 75.1 Å². The minimum absolute atomic E-state index is 0.562. The van der Waals surface area contributed by atoms with E-state index in [1.54, 1.807) is 0 Å². The van der Waals surface area contributed by atoms with Crippen LogP contribution in [0, 0.1) is 0 Å². The average Bonchev–Trinajstić information content (AvgIpc) is 2.37. The van der Waals surface area contributed by atoms with Gasteiger partial charge in [-0.2, -0.15) is 0 Å². The van der Waals surface area contributed by atoms with E-state index in [1.165, 1.54) is 0 Å². The van der Waals surface area contributed by atoms with Gasteiger partial charge in [0.1, 0.15) is 0 Å². The lowest BCUT2D eigenvalue weighted by Gasteiger charge is -2.21. The zero-order valence-corrected chi connectivity index (χ0v) is 8.34. The van der Waals surface area contributed by atoms with E-state index in [-0.39, 0.29) is 0 Å². The molecule has 1 heterocycles. The first-order valence-electron chi connectivity index (χ1n) is 4.67. The molecule has 0 amide bonds. The topological polar surface area (TPSA) is 24.5 Å². The van der Waals surface area contributed by atoms with Crippen LogP contribution in [0.15, 0.2) is 0 Å². The summed E-state index contributed by atoms with van der Waals surface area (Å²) in [7, 11) is 4.20. The van der Waals surface area contributed by atoms with Crippen molar-refractivity contribution in [1.29, 1.82) is 0 Å². The maximum absolute atomic E-state index is 5.29. The molecule has 0 radical (unpaired) electrons. The van der Waals surface area contributed by atoms with Gasteiger partial charge in [0.25, 0.3) is 0 Å². The predicted molar refractivity (Wildman–Crippen MR) is 50.4 cm³/mol. The highest BCUT2D eigenvalue weighted by Gasteiger charge is 2.17. The molecule has 1 aliphatic rings. The second-order valence-electron chi connectivity index (χ2n) is 3.89. The van der Waals surface area contributed by atoms with Gasteiger partial charge in [0.15, 0.2) is 0 Å². The van der Waals surface area contributed by atoms with E-state index in [9.17, 15) is 0 Å². The molecule has 0 aliphatic carbocycles. The molecule has 0 aromatic rings. The van der Waals surface area contributed by atoms with Crippen LogP contribution in [0.2, 0.25) is 0 Å². The first-order valence-corrected chi connectivity index (χ1v) is 4.67. The molecule has 0 spiro atoms. The lowest BCUT2D eigenvalue weighted by atomic mass is 10.2. The van der Waals surface area contributed by atoms with Crippen LogP contribution >= 0.6 is 0 Å². The minimum Gasteiger partial charge on any atom is -0.380 e. The van der Waals surface area contributed by atoms with Crippen LogP contribution in [-0.2, 0) is 4.74 Å². The number of rotatable bonds is 4. The summed E-state index contributed by atoms with van der Waals surface area (Å²) in [4.78, 5) is 2.20. The van der Waals surface area contributed by atoms with Crippen LogP contribution in [0.25, 0.3) is 0 Å². The molecule has 2 unspecified atom stereocenters. The summed E-state index contributed by atoms with van der Waals surface area (Å²) in [6, 6.07) is 1.15. The summed E-state index contributed by atoms with van der Waals surface area (Å²) in [5.41, 5.74) is 0. The number of hydrogen-bond acceptors (Lipinski definition) is 3. The normalized spacial score (nSPS) is 26.5. The van der Waals surface area contributed by atoms with Crippen LogP contribution in [0.3, 0.4) is 0 Å². The van der Waals surface area contributed by atoms with Crippen LogP contribution in [0.5, 0.6) is 0 Å². The molecule has 72 valence electrons. The molecule has 0 bridgehead atoms. The Morgan fingerprint density at radius 2 is 2.33 bits per heavy atom. The third kappa shape index (κ3) is 3.52. The van der Waals surface area contributed by atoms with Crippen molar-refractivity contribution in [2.24, 2.45) is 0 Å². The number of nitrogens with one attached hydrogen (secondary N) is 1. The molecule has 3 heteroatoms. The first kappa shape index (κ1) is 9.96. The molecule has 12 heavy (non-hydrogen) atoms. The van der Waals surface area contributed by atoms with Gasteiger partial charge in [0, 0.05) is 25.2 Å². The van der Waals surface area contributed by atoms with Gasteiger partial charge in [-0.15, -0.1) is 0 Å². The molecule has 1 fully saturated rings. The van der Waals surface area contributed by atoms with Gasteiger partial charge in [-0.25, -0.2) is 0 Å². The van der Waals surface area contributed by atoms with Crippen molar-refractivity contribution in [3.63, 3.8) is 0 Å². The van der Waals surface area contributed by atoms with Gasteiger partial charge >= 0.3 is 0 Å². The molecule has 1 saturated heterocycles. The van der Waals surface area contributed by atoms with E-state index in [2.05, 4.69) is 31.2 Å². The minimum atomic E-state index is 0.562. The van der Waals surface area contributed by atoms with Crippen molar-refractivity contribution >= 4 is 0 Å². The first-order chi connectivity index (χ1) is 5.68. The number of likely N-dealkylation sites (N-methyl/N-ethyl adjacent to an activating group) is 1. The van der Waals surface area contributed by atoms with Gasteiger partial charge in [-0.05, 0) is 27.4 Å². The van der Waals surface area contributed by atoms with Crippen molar-refractivity contribution in [2.75, 3.05) is 33.9 Å². The smallest absolute Gasteiger partial charge is 0.0620 e. The van der Waals surface area contributed by atoms with E-state index in [1.807, 2.05) is 0 Å². The average molecular weight is 172 g/mol. The van der Waals surface area contributed by atoms with E-state index in [0.717, 1.165) is 26.2 Å². The molecule has 0 saturated carbocycles. The summed E-state index contributed by atoms with van der Waals surface area (Å²) < 4.78 is 5.29. The monoisotopic (exact) mass is 172 g/mol. The highest BCUT2D eigenvalue weighted by molar-refractivity contribution is 4.75. The van der Waals surface area contributed by atoms with Crippen molar-refractivity contribution in [2.45, 2.75) is 25.4 Å². The van der Waals surface area contributed by atoms with Crippen LogP contribution in [-0.4, -0.2) is 50.8 Å². The van der Waals surface area contributed by atoms with E-state index in [4.69, 9.17) is 4.74 Å². The summed E-state index contributed by atoms with van der Waals surface area (Å²) in [5.74, 6) is 0. The van der Waals surface area contributed by atoms with Gasteiger partial charge < -0.3 is 15.0 Å². The fraction of sp³-hybridized carbons (Fsp3) is 1.00. The Hall–Kier alpha value is -0.120. The fourth-order valence-electron chi connectivity index (χ4n) is 1.67. The summed E-state index contributed by atoms with van der Waals surface area (Å²) >= 11 is 0. The largest absolute Gasteiger partial charge is 0.380 e. The molecular weight excluding hydrogens is 152 g/mol. The zero-order valence-electron chi connectivity index (χ0n) is 8.34. The maximum Gasteiger partial charge on any atom is 0.0620 e. The van der Waals surface area contributed by atoms with Crippen LogP contribution in [0.1, 0.15) is 13.3 Å². The third-order valence-corrected chi connectivity index (χ3v) is 2.09. The number of ether oxygens (including phenoxy) is 1. The van der Waals surface area contributed by atoms with Gasteiger partial charge in [-0.3, -0.25) is 0 Å². The Kier molecular flexibility index (Phi) is 3.98. The molecule has 0 aromatic carbocycles. The molecule has 1 rings (SSSR count).